The van der Waals surface area contributed by atoms with Crippen LogP contribution in [0.15, 0.2) is 0 Å². The molecule has 0 spiro atoms. The average Bonchev–Trinajstić information content (AvgIpc) is 2.49. The molecular formula is C10H21NO. The van der Waals surface area contributed by atoms with Crippen molar-refractivity contribution >= 4 is 0 Å². The Morgan fingerprint density at radius 1 is 1.50 bits per heavy atom. The Hall–Kier alpha value is -0.0800. The topological polar surface area (TPSA) is 21.3 Å². The third-order valence-electron chi connectivity index (χ3n) is 2.32. The van der Waals surface area contributed by atoms with E-state index in [2.05, 4.69) is 19.2 Å². The average molecular weight is 171 g/mol. The molecule has 0 bridgehead atoms. The molecule has 0 aromatic carbocycles. The maximum Gasteiger partial charge on any atom is 0.0620 e. The Balaban J connectivity index is 1.88. The summed E-state index contributed by atoms with van der Waals surface area (Å²) in [4.78, 5) is 0. The largest absolute Gasteiger partial charge is 0.380 e. The first-order valence-electron chi connectivity index (χ1n) is 5.10. The molecule has 1 rings (SSSR count). The summed E-state index contributed by atoms with van der Waals surface area (Å²) in [6, 6.07) is 0.636. The summed E-state index contributed by atoms with van der Waals surface area (Å²) in [6.45, 7) is 7.58. The minimum Gasteiger partial charge on any atom is -0.380 e. The van der Waals surface area contributed by atoms with Crippen molar-refractivity contribution in [2.45, 2.75) is 39.2 Å². The van der Waals surface area contributed by atoms with Gasteiger partial charge in [-0.05, 0) is 31.7 Å². The standard InChI is InChI=1S/C10H21NO/c1-9(2)4-3-6-11-10-5-7-12-8-10/h9-11H,3-8H2,1-2H3. The number of nitrogens with one attached hydrogen (secondary N) is 1. The van der Waals surface area contributed by atoms with E-state index in [1.807, 2.05) is 0 Å². The second kappa shape index (κ2) is 5.55. The second-order valence-electron chi connectivity index (χ2n) is 4.05. The molecule has 1 heterocycles. The van der Waals surface area contributed by atoms with Crippen LogP contribution in [0.4, 0.5) is 0 Å². The highest BCUT2D eigenvalue weighted by Gasteiger charge is 2.13. The van der Waals surface area contributed by atoms with Gasteiger partial charge in [-0.1, -0.05) is 13.8 Å². The summed E-state index contributed by atoms with van der Waals surface area (Å²) >= 11 is 0. The van der Waals surface area contributed by atoms with E-state index in [4.69, 9.17) is 4.74 Å². The first-order chi connectivity index (χ1) is 5.79. The number of hydrogen-bond acceptors (Lipinski definition) is 2. The van der Waals surface area contributed by atoms with Crippen molar-refractivity contribution < 1.29 is 4.74 Å². The molecule has 1 aliphatic heterocycles. The fourth-order valence-electron chi connectivity index (χ4n) is 1.51. The van der Waals surface area contributed by atoms with E-state index in [-0.39, 0.29) is 0 Å². The second-order valence-corrected chi connectivity index (χ2v) is 4.05. The number of rotatable bonds is 5. The van der Waals surface area contributed by atoms with Gasteiger partial charge in [-0.2, -0.15) is 0 Å². The molecule has 1 saturated heterocycles. The van der Waals surface area contributed by atoms with Gasteiger partial charge < -0.3 is 10.1 Å². The van der Waals surface area contributed by atoms with E-state index >= 15 is 0 Å². The third kappa shape index (κ3) is 4.07. The normalized spacial score (nSPS) is 23.8. The van der Waals surface area contributed by atoms with E-state index in [0.29, 0.717) is 6.04 Å². The van der Waals surface area contributed by atoms with E-state index in [0.717, 1.165) is 25.7 Å². The minimum atomic E-state index is 0.636. The van der Waals surface area contributed by atoms with Crippen LogP contribution in [0.1, 0.15) is 33.1 Å². The van der Waals surface area contributed by atoms with E-state index in [9.17, 15) is 0 Å². The highest BCUT2D eigenvalue weighted by molar-refractivity contribution is 4.70. The van der Waals surface area contributed by atoms with Crippen LogP contribution in [0, 0.1) is 5.92 Å². The van der Waals surface area contributed by atoms with Gasteiger partial charge in [-0.15, -0.1) is 0 Å². The van der Waals surface area contributed by atoms with Crippen LogP contribution >= 0.6 is 0 Å². The van der Waals surface area contributed by atoms with Gasteiger partial charge in [0.25, 0.3) is 0 Å². The summed E-state index contributed by atoms with van der Waals surface area (Å²) in [5.41, 5.74) is 0. The monoisotopic (exact) mass is 171 g/mol. The molecule has 0 aromatic heterocycles. The van der Waals surface area contributed by atoms with E-state index in [1.165, 1.54) is 19.3 Å². The summed E-state index contributed by atoms with van der Waals surface area (Å²) in [6.07, 6.45) is 3.83. The van der Waals surface area contributed by atoms with Crippen molar-refractivity contribution in [3.8, 4) is 0 Å². The summed E-state index contributed by atoms with van der Waals surface area (Å²) < 4.78 is 5.27. The number of hydrogen-bond donors (Lipinski definition) is 1. The van der Waals surface area contributed by atoms with E-state index in [1.54, 1.807) is 0 Å². The van der Waals surface area contributed by atoms with Gasteiger partial charge in [-0.25, -0.2) is 0 Å². The zero-order valence-corrected chi connectivity index (χ0v) is 8.31. The van der Waals surface area contributed by atoms with Crippen LogP contribution in [0.25, 0.3) is 0 Å². The van der Waals surface area contributed by atoms with Crippen LogP contribution in [0.2, 0.25) is 0 Å². The fourth-order valence-corrected chi connectivity index (χ4v) is 1.51. The molecule has 0 aromatic rings. The van der Waals surface area contributed by atoms with Crippen molar-refractivity contribution in [1.82, 2.24) is 5.32 Å². The first kappa shape index (κ1) is 10.0. The van der Waals surface area contributed by atoms with Crippen LogP contribution in [0.5, 0.6) is 0 Å². The van der Waals surface area contributed by atoms with Crippen molar-refractivity contribution in [2.24, 2.45) is 5.92 Å². The fraction of sp³-hybridized carbons (Fsp3) is 1.00. The van der Waals surface area contributed by atoms with Crippen molar-refractivity contribution in [1.29, 1.82) is 0 Å². The molecule has 1 aliphatic rings. The van der Waals surface area contributed by atoms with Gasteiger partial charge >= 0.3 is 0 Å². The molecule has 2 heteroatoms. The SMILES string of the molecule is CC(C)CCCNC1CCOC1. The molecule has 0 radical (unpaired) electrons. The minimum absolute atomic E-state index is 0.636. The van der Waals surface area contributed by atoms with Crippen LogP contribution in [-0.2, 0) is 4.74 Å². The van der Waals surface area contributed by atoms with Gasteiger partial charge in [0.2, 0.25) is 0 Å². The lowest BCUT2D eigenvalue weighted by atomic mass is 10.1. The predicted molar refractivity (Wildman–Crippen MR) is 51.3 cm³/mol. The Kier molecular flexibility index (Phi) is 4.62. The molecular weight excluding hydrogens is 150 g/mol. The number of ether oxygens (including phenoxy) is 1. The summed E-state index contributed by atoms with van der Waals surface area (Å²) in [5.74, 6) is 0.839. The van der Waals surface area contributed by atoms with Crippen LogP contribution in [-0.4, -0.2) is 25.8 Å². The highest BCUT2D eigenvalue weighted by atomic mass is 16.5. The molecule has 12 heavy (non-hydrogen) atoms. The Bertz CT molecular complexity index is 108. The van der Waals surface area contributed by atoms with Gasteiger partial charge in [0.1, 0.15) is 0 Å². The lowest BCUT2D eigenvalue weighted by Crippen LogP contribution is -2.30. The van der Waals surface area contributed by atoms with Gasteiger partial charge in [0.15, 0.2) is 0 Å². The van der Waals surface area contributed by atoms with Crippen LogP contribution in [0.3, 0.4) is 0 Å². The molecule has 0 saturated carbocycles. The van der Waals surface area contributed by atoms with Crippen LogP contribution < -0.4 is 5.32 Å². The Labute approximate surface area is 75.7 Å². The Morgan fingerprint density at radius 2 is 2.33 bits per heavy atom. The molecule has 0 aliphatic carbocycles. The maximum absolute atomic E-state index is 5.27. The van der Waals surface area contributed by atoms with Gasteiger partial charge in [0.05, 0.1) is 6.61 Å². The zero-order valence-electron chi connectivity index (χ0n) is 8.31. The predicted octanol–water partition coefficient (Wildman–Crippen LogP) is 1.80. The highest BCUT2D eigenvalue weighted by Crippen LogP contribution is 2.05. The molecule has 1 unspecified atom stereocenters. The third-order valence-corrected chi connectivity index (χ3v) is 2.32. The molecule has 2 nitrogen and oxygen atoms in total. The summed E-state index contributed by atoms with van der Waals surface area (Å²) in [5, 5.41) is 3.51. The van der Waals surface area contributed by atoms with Gasteiger partial charge in [0, 0.05) is 12.6 Å². The summed E-state index contributed by atoms with van der Waals surface area (Å²) in [7, 11) is 0. The van der Waals surface area contributed by atoms with Crippen molar-refractivity contribution in [2.75, 3.05) is 19.8 Å². The Morgan fingerprint density at radius 3 is 2.92 bits per heavy atom. The zero-order chi connectivity index (χ0) is 8.81. The van der Waals surface area contributed by atoms with Crippen molar-refractivity contribution in [3.63, 3.8) is 0 Å². The lowest BCUT2D eigenvalue weighted by molar-refractivity contribution is 0.190. The maximum atomic E-state index is 5.27. The molecule has 1 atom stereocenters. The van der Waals surface area contributed by atoms with Crippen molar-refractivity contribution in [3.05, 3.63) is 0 Å². The molecule has 72 valence electrons. The van der Waals surface area contributed by atoms with Gasteiger partial charge in [-0.3, -0.25) is 0 Å². The quantitative estimate of drug-likeness (QED) is 0.637. The smallest absolute Gasteiger partial charge is 0.0620 e. The lowest BCUT2D eigenvalue weighted by Gasteiger charge is -2.10. The molecule has 1 fully saturated rings. The van der Waals surface area contributed by atoms with E-state index < -0.39 is 0 Å². The first-order valence-corrected chi connectivity index (χ1v) is 5.10. The molecule has 0 amide bonds. The molecule has 1 N–H and O–H groups in total.